The Morgan fingerprint density at radius 1 is 1.03 bits per heavy atom. The molecular weight excluding hydrogens is 400 g/mol. The van der Waals surface area contributed by atoms with Crippen molar-refractivity contribution >= 4 is 17.4 Å². The normalized spacial score (nSPS) is 15.2. The van der Waals surface area contributed by atoms with E-state index in [9.17, 15) is 4.79 Å². The number of aromatic nitrogens is 4. The van der Waals surface area contributed by atoms with Gasteiger partial charge >= 0.3 is 0 Å². The van der Waals surface area contributed by atoms with Crippen LogP contribution in [0.1, 0.15) is 40.4 Å². The van der Waals surface area contributed by atoms with E-state index < -0.39 is 0 Å². The van der Waals surface area contributed by atoms with Gasteiger partial charge in [-0.05, 0) is 73.4 Å². The topological polar surface area (TPSA) is 84.7 Å². The van der Waals surface area contributed by atoms with Gasteiger partial charge in [0.05, 0.1) is 12.0 Å². The zero-order valence-corrected chi connectivity index (χ0v) is 17.5. The number of carbonyl (C=O) groups excluding carboxylic acids is 1. The molecule has 2 aromatic carbocycles. The monoisotopic (exact) mass is 422 g/mol. The minimum absolute atomic E-state index is 0.00924. The van der Waals surface area contributed by atoms with Crippen LogP contribution >= 0.6 is 0 Å². The number of nitrogens with one attached hydrogen (secondary N) is 2. The lowest BCUT2D eigenvalue weighted by Gasteiger charge is -2.17. The molecule has 6 rings (SSSR count). The Labute approximate surface area is 185 Å². The number of nitrogens with zero attached hydrogens (tertiary/aromatic N) is 4. The van der Waals surface area contributed by atoms with E-state index in [0.717, 1.165) is 34.5 Å². The number of rotatable bonds is 5. The van der Waals surface area contributed by atoms with Crippen molar-refractivity contribution in [1.82, 2.24) is 24.8 Å². The van der Waals surface area contributed by atoms with Crippen molar-refractivity contribution in [1.29, 1.82) is 0 Å². The summed E-state index contributed by atoms with van der Waals surface area (Å²) in [5.41, 5.74) is 5.90. The zero-order chi connectivity index (χ0) is 21.5. The van der Waals surface area contributed by atoms with Gasteiger partial charge in [0.25, 0.3) is 5.91 Å². The molecule has 2 aromatic heterocycles. The largest absolute Gasteiger partial charge is 0.352 e. The number of amides is 1. The Morgan fingerprint density at radius 3 is 2.75 bits per heavy atom. The van der Waals surface area contributed by atoms with Crippen molar-refractivity contribution in [3.63, 3.8) is 0 Å². The average molecular weight is 422 g/mol. The van der Waals surface area contributed by atoms with E-state index >= 15 is 0 Å². The Bertz CT molecular complexity index is 1310. The van der Waals surface area contributed by atoms with Crippen LogP contribution in [0, 0.1) is 0 Å². The van der Waals surface area contributed by atoms with Gasteiger partial charge in [-0.2, -0.15) is 0 Å². The molecule has 0 bridgehead atoms. The molecule has 3 heterocycles. The summed E-state index contributed by atoms with van der Waals surface area (Å²) in [7, 11) is 0. The summed E-state index contributed by atoms with van der Waals surface area (Å²) in [6.07, 6.45) is 9.08. The van der Waals surface area contributed by atoms with Gasteiger partial charge in [0.2, 0.25) is 0 Å². The third-order valence-electron chi connectivity index (χ3n) is 5.98. The quantitative estimate of drug-likeness (QED) is 0.503. The number of imidazole rings is 1. The number of benzene rings is 2. The summed E-state index contributed by atoms with van der Waals surface area (Å²) in [5, 5.41) is 6.21. The van der Waals surface area contributed by atoms with Crippen LogP contribution in [0.25, 0.3) is 17.1 Å². The number of fused-ring (bicyclic) bond motifs is 1. The second-order valence-electron chi connectivity index (χ2n) is 8.30. The van der Waals surface area contributed by atoms with Crippen LogP contribution in [-0.4, -0.2) is 32.0 Å². The van der Waals surface area contributed by atoms with Gasteiger partial charge in [-0.1, -0.05) is 0 Å². The zero-order valence-electron chi connectivity index (χ0n) is 17.5. The second kappa shape index (κ2) is 7.60. The van der Waals surface area contributed by atoms with E-state index in [1.165, 1.54) is 18.5 Å². The maximum atomic E-state index is 11.9. The summed E-state index contributed by atoms with van der Waals surface area (Å²) in [4.78, 5) is 25.6. The van der Waals surface area contributed by atoms with Crippen LogP contribution in [0.3, 0.4) is 0 Å². The predicted molar refractivity (Wildman–Crippen MR) is 122 cm³/mol. The van der Waals surface area contributed by atoms with Crippen LogP contribution in [0.4, 0.5) is 11.5 Å². The van der Waals surface area contributed by atoms with Gasteiger partial charge in [0.1, 0.15) is 5.82 Å². The van der Waals surface area contributed by atoms with E-state index in [-0.39, 0.29) is 5.91 Å². The standard InChI is InChI=1S/C25H22N6O/c32-25-21-8-5-19(13-18(21)9-11-27-25)29-23-10-12-26-24(30-23)17-3-6-20(7-4-17)31-14-22(28-15-31)16-1-2-16/h3-8,10,12-16H,1-2,9,11H2,(H,27,32)(H,26,29,30). The molecule has 7 nitrogen and oxygen atoms in total. The summed E-state index contributed by atoms with van der Waals surface area (Å²) >= 11 is 0. The number of hydrogen-bond acceptors (Lipinski definition) is 5. The molecule has 0 spiro atoms. The molecule has 32 heavy (non-hydrogen) atoms. The fourth-order valence-electron chi connectivity index (χ4n) is 4.07. The van der Waals surface area contributed by atoms with E-state index in [1.807, 2.05) is 42.7 Å². The summed E-state index contributed by atoms with van der Waals surface area (Å²) in [6, 6.07) is 15.8. The first kappa shape index (κ1) is 18.7. The average Bonchev–Trinajstić information content (AvgIpc) is 3.56. The third kappa shape index (κ3) is 3.62. The highest BCUT2D eigenvalue weighted by atomic mass is 16.1. The van der Waals surface area contributed by atoms with Crippen molar-refractivity contribution in [2.45, 2.75) is 25.2 Å². The lowest BCUT2D eigenvalue weighted by Crippen LogP contribution is -2.31. The minimum atomic E-state index is -0.00924. The molecule has 1 saturated carbocycles. The first-order chi connectivity index (χ1) is 15.7. The maximum Gasteiger partial charge on any atom is 0.251 e. The van der Waals surface area contributed by atoms with Crippen LogP contribution in [0.2, 0.25) is 0 Å². The fourth-order valence-corrected chi connectivity index (χ4v) is 4.07. The Hall–Kier alpha value is -4.00. The Balaban J connectivity index is 1.21. The highest BCUT2D eigenvalue weighted by Crippen LogP contribution is 2.39. The van der Waals surface area contributed by atoms with Crippen molar-refractivity contribution in [3.8, 4) is 17.1 Å². The maximum absolute atomic E-state index is 11.9. The molecule has 0 atom stereocenters. The van der Waals surface area contributed by atoms with Crippen LogP contribution < -0.4 is 10.6 Å². The first-order valence-corrected chi connectivity index (χ1v) is 10.9. The van der Waals surface area contributed by atoms with E-state index in [0.29, 0.717) is 24.1 Å². The molecule has 0 saturated heterocycles. The highest BCUT2D eigenvalue weighted by molar-refractivity contribution is 5.97. The molecule has 1 aliphatic heterocycles. The highest BCUT2D eigenvalue weighted by Gasteiger charge is 2.25. The van der Waals surface area contributed by atoms with Crippen molar-refractivity contribution in [2.75, 3.05) is 11.9 Å². The van der Waals surface area contributed by atoms with Crippen LogP contribution in [0.15, 0.2) is 67.3 Å². The lowest BCUT2D eigenvalue weighted by atomic mass is 10.00. The molecule has 1 amide bonds. The Kier molecular flexibility index (Phi) is 4.45. The minimum Gasteiger partial charge on any atom is -0.352 e. The van der Waals surface area contributed by atoms with Gasteiger partial charge in [-0.3, -0.25) is 4.79 Å². The van der Waals surface area contributed by atoms with E-state index in [4.69, 9.17) is 0 Å². The molecule has 158 valence electrons. The molecular formula is C25H22N6O. The second-order valence-corrected chi connectivity index (χ2v) is 8.30. The molecule has 2 N–H and O–H groups in total. The van der Waals surface area contributed by atoms with Gasteiger partial charge in [0, 0.05) is 47.4 Å². The smallest absolute Gasteiger partial charge is 0.251 e. The van der Waals surface area contributed by atoms with Crippen LogP contribution in [-0.2, 0) is 6.42 Å². The van der Waals surface area contributed by atoms with E-state index in [1.54, 1.807) is 6.20 Å². The van der Waals surface area contributed by atoms with Crippen molar-refractivity contribution in [2.24, 2.45) is 0 Å². The van der Waals surface area contributed by atoms with Gasteiger partial charge in [0.15, 0.2) is 5.82 Å². The van der Waals surface area contributed by atoms with Gasteiger partial charge in [-0.15, -0.1) is 0 Å². The number of anilines is 2. The fraction of sp³-hybridized carbons (Fsp3) is 0.200. The SMILES string of the molecule is O=C1NCCc2cc(Nc3ccnc(-c4ccc(-n5cnc(C6CC6)c5)cc4)n3)ccc21. The van der Waals surface area contributed by atoms with Gasteiger partial charge in [-0.25, -0.2) is 15.0 Å². The number of carbonyl (C=O) groups is 1. The van der Waals surface area contributed by atoms with Crippen molar-refractivity contribution < 1.29 is 4.79 Å². The summed E-state index contributed by atoms with van der Waals surface area (Å²) in [5.74, 6) is 2.00. The molecule has 1 fully saturated rings. The molecule has 2 aliphatic rings. The molecule has 0 radical (unpaired) electrons. The summed E-state index contributed by atoms with van der Waals surface area (Å²) in [6.45, 7) is 0.671. The first-order valence-electron chi connectivity index (χ1n) is 10.9. The predicted octanol–water partition coefficient (Wildman–Crippen LogP) is 4.24. The third-order valence-corrected chi connectivity index (χ3v) is 5.98. The Morgan fingerprint density at radius 2 is 1.91 bits per heavy atom. The van der Waals surface area contributed by atoms with Crippen molar-refractivity contribution in [3.05, 3.63) is 84.1 Å². The van der Waals surface area contributed by atoms with Crippen LogP contribution in [0.5, 0.6) is 0 Å². The van der Waals surface area contributed by atoms with Gasteiger partial charge < -0.3 is 15.2 Å². The number of hydrogen-bond donors (Lipinski definition) is 2. The lowest BCUT2D eigenvalue weighted by molar-refractivity contribution is 0.0946. The molecule has 1 aliphatic carbocycles. The molecule has 0 unspecified atom stereocenters. The molecule has 7 heteroatoms. The summed E-state index contributed by atoms with van der Waals surface area (Å²) < 4.78 is 2.06. The van der Waals surface area contributed by atoms with E-state index in [2.05, 4.69) is 48.5 Å². The molecule has 4 aromatic rings.